The summed E-state index contributed by atoms with van der Waals surface area (Å²) in [6, 6.07) is 7.71. The van der Waals surface area contributed by atoms with E-state index in [0.29, 0.717) is 5.82 Å². The summed E-state index contributed by atoms with van der Waals surface area (Å²) in [6.07, 6.45) is 1.52. The zero-order chi connectivity index (χ0) is 13.8. The first-order chi connectivity index (χ1) is 9.10. The van der Waals surface area contributed by atoms with Gasteiger partial charge >= 0.3 is 5.97 Å². The second-order valence-electron chi connectivity index (χ2n) is 4.18. The van der Waals surface area contributed by atoms with E-state index < -0.39 is 5.97 Å². The predicted molar refractivity (Wildman–Crippen MR) is 72.6 cm³/mol. The van der Waals surface area contributed by atoms with E-state index in [-0.39, 0.29) is 5.82 Å². The molecule has 1 N–H and O–H groups in total. The number of hydrogen-bond donors (Lipinski definition) is 1. The first kappa shape index (κ1) is 13.0. The predicted octanol–water partition coefficient (Wildman–Crippen LogP) is 2.62. The molecule has 0 bridgehead atoms. The van der Waals surface area contributed by atoms with Crippen LogP contribution in [0.1, 0.15) is 21.7 Å². The minimum atomic E-state index is -0.552. The van der Waals surface area contributed by atoms with Gasteiger partial charge in [-0.1, -0.05) is 6.07 Å². The van der Waals surface area contributed by atoms with Crippen LogP contribution in [-0.4, -0.2) is 23.0 Å². The Morgan fingerprint density at radius 2 is 2.00 bits per heavy atom. The van der Waals surface area contributed by atoms with Crippen molar-refractivity contribution in [3.63, 3.8) is 0 Å². The van der Waals surface area contributed by atoms with Crippen molar-refractivity contribution in [2.24, 2.45) is 0 Å². The highest BCUT2D eigenvalue weighted by Gasteiger charge is 2.09. The number of nitrogens with zero attached hydrogens (tertiary/aromatic N) is 2. The van der Waals surface area contributed by atoms with Gasteiger partial charge in [0.05, 0.1) is 7.11 Å². The van der Waals surface area contributed by atoms with Crippen LogP contribution in [0.2, 0.25) is 0 Å². The van der Waals surface area contributed by atoms with Gasteiger partial charge in [-0.05, 0) is 43.2 Å². The summed E-state index contributed by atoms with van der Waals surface area (Å²) in [7, 11) is 1.30. The van der Waals surface area contributed by atoms with Crippen molar-refractivity contribution < 1.29 is 9.53 Å². The SMILES string of the molecule is COC(=O)c1nccc(Nc2ccc(C)c(C)c2)n1. The van der Waals surface area contributed by atoms with Crippen molar-refractivity contribution in [3.05, 3.63) is 47.4 Å². The third-order valence-electron chi connectivity index (χ3n) is 2.80. The van der Waals surface area contributed by atoms with E-state index in [9.17, 15) is 4.79 Å². The fraction of sp³-hybridized carbons (Fsp3) is 0.214. The van der Waals surface area contributed by atoms with E-state index in [1.807, 2.05) is 25.1 Å². The molecule has 5 heteroatoms. The summed E-state index contributed by atoms with van der Waals surface area (Å²) in [5.74, 6) is 0.0405. The lowest BCUT2D eigenvalue weighted by atomic mass is 10.1. The molecule has 0 aliphatic carbocycles. The monoisotopic (exact) mass is 257 g/mol. The zero-order valence-corrected chi connectivity index (χ0v) is 11.1. The van der Waals surface area contributed by atoms with E-state index >= 15 is 0 Å². The molecule has 2 aromatic rings. The van der Waals surface area contributed by atoms with Crippen LogP contribution in [0.3, 0.4) is 0 Å². The van der Waals surface area contributed by atoms with Gasteiger partial charge < -0.3 is 10.1 Å². The first-order valence-electron chi connectivity index (χ1n) is 5.86. The Morgan fingerprint density at radius 1 is 1.21 bits per heavy atom. The average molecular weight is 257 g/mol. The number of rotatable bonds is 3. The smallest absolute Gasteiger partial charge is 0.376 e. The standard InChI is InChI=1S/C14H15N3O2/c1-9-4-5-11(8-10(9)2)16-12-6-7-15-13(17-12)14(18)19-3/h4-8H,1-3H3,(H,15,16,17). The maximum absolute atomic E-state index is 11.3. The van der Waals surface area contributed by atoms with Gasteiger partial charge in [0.25, 0.3) is 0 Å². The number of benzene rings is 1. The largest absolute Gasteiger partial charge is 0.463 e. The Labute approximate surface area is 111 Å². The highest BCUT2D eigenvalue weighted by Crippen LogP contribution is 2.18. The van der Waals surface area contributed by atoms with Gasteiger partial charge in [-0.25, -0.2) is 14.8 Å². The molecule has 5 nitrogen and oxygen atoms in total. The molecule has 0 amide bonds. The summed E-state index contributed by atoms with van der Waals surface area (Å²) in [6.45, 7) is 4.10. The van der Waals surface area contributed by atoms with Gasteiger partial charge in [0.15, 0.2) is 0 Å². The lowest BCUT2D eigenvalue weighted by Crippen LogP contribution is -2.08. The van der Waals surface area contributed by atoms with Crippen LogP contribution in [-0.2, 0) is 4.74 Å². The fourth-order valence-electron chi connectivity index (χ4n) is 1.59. The second-order valence-corrected chi connectivity index (χ2v) is 4.18. The number of aromatic nitrogens is 2. The van der Waals surface area contributed by atoms with Crippen molar-refractivity contribution in [2.45, 2.75) is 13.8 Å². The summed E-state index contributed by atoms with van der Waals surface area (Å²) < 4.78 is 4.58. The Hall–Kier alpha value is -2.43. The molecular weight excluding hydrogens is 242 g/mol. The molecule has 98 valence electrons. The molecule has 0 fully saturated rings. The summed E-state index contributed by atoms with van der Waals surface area (Å²) >= 11 is 0. The molecule has 0 radical (unpaired) electrons. The number of carbonyl (C=O) groups is 1. The summed E-state index contributed by atoms with van der Waals surface area (Å²) in [4.78, 5) is 19.3. The van der Waals surface area contributed by atoms with Crippen LogP contribution in [0.25, 0.3) is 0 Å². The number of methoxy groups -OCH3 is 1. The average Bonchev–Trinajstić information content (AvgIpc) is 2.42. The molecule has 1 aromatic heterocycles. The normalized spacial score (nSPS) is 10.1. The van der Waals surface area contributed by atoms with Gasteiger partial charge in [0.1, 0.15) is 5.82 Å². The number of ether oxygens (including phenoxy) is 1. The number of hydrogen-bond acceptors (Lipinski definition) is 5. The van der Waals surface area contributed by atoms with E-state index in [1.54, 1.807) is 6.07 Å². The van der Waals surface area contributed by atoms with Crippen molar-refractivity contribution in [1.82, 2.24) is 9.97 Å². The molecule has 0 saturated carbocycles. The zero-order valence-electron chi connectivity index (χ0n) is 11.1. The van der Waals surface area contributed by atoms with E-state index in [2.05, 4.69) is 26.9 Å². The Kier molecular flexibility index (Phi) is 3.75. The number of anilines is 2. The molecule has 1 aromatic carbocycles. The third-order valence-corrected chi connectivity index (χ3v) is 2.80. The van der Waals surface area contributed by atoms with Gasteiger partial charge in [0, 0.05) is 11.9 Å². The van der Waals surface area contributed by atoms with Crippen LogP contribution in [0, 0.1) is 13.8 Å². The summed E-state index contributed by atoms with van der Waals surface area (Å²) in [5.41, 5.74) is 3.33. The lowest BCUT2D eigenvalue weighted by molar-refractivity contribution is 0.0587. The maximum Gasteiger partial charge on any atom is 0.376 e. The topological polar surface area (TPSA) is 64.1 Å². The number of nitrogens with one attached hydrogen (secondary N) is 1. The Balaban J connectivity index is 2.23. The highest BCUT2D eigenvalue weighted by molar-refractivity contribution is 5.85. The molecule has 0 aliphatic heterocycles. The fourth-order valence-corrected chi connectivity index (χ4v) is 1.59. The van der Waals surface area contributed by atoms with Crippen molar-refractivity contribution in [1.29, 1.82) is 0 Å². The Morgan fingerprint density at radius 3 is 2.68 bits per heavy atom. The van der Waals surface area contributed by atoms with Gasteiger partial charge in [0.2, 0.25) is 5.82 Å². The Bertz CT molecular complexity index is 611. The summed E-state index contributed by atoms with van der Waals surface area (Å²) in [5, 5.41) is 3.13. The maximum atomic E-state index is 11.3. The van der Waals surface area contributed by atoms with Crippen LogP contribution >= 0.6 is 0 Å². The molecule has 0 unspecified atom stereocenters. The van der Waals surface area contributed by atoms with Crippen LogP contribution in [0.15, 0.2) is 30.5 Å². The first-order valence-corrected chi connectivity index (χ1v) is 5.86. The van der Waals surface area contributed by atoms with Crippen LogP contribution < -0.4 is 5.32 Å². The van der Waals surface area contributed by atoms with Gasteiger partial charge in [-0.2, -0.15) is 0 Å². The second kappa shape index (κ2) is 5.48. The van der Waals surface area contributed by atoms with Crippen LogP contribution in [0.5, 0.6) is 0 Å². The van der Waals surface area contributed by atoms with Gasteiger partial charge in [-0.3, -0.25) is 0 Å². The third kappa shape index (κ3) is 3.07. The molecule has 0 atom stereocenters. The molecule has 0 spiro atoms. The minimum Gasteiger partial charge on any atom is -0.463 e. The molecule has 0 aliphatic rings. The molecule has 19 heavy (non-hydrogen) atoms. The van der Waals surface area contributed by atoms with Crippen molar-refractivity contribution in [2.75, 3.05) is 12.4 Å². The number of esters is 1. The lowest BCUT2D eigenvalue weighted by Gasteiger charge is -2.08. The van der Waals surface area contributed by atoms with E-state index in [0.717, 1.165) is 5.69 Å². The molecule has 1 heterocycles. The molecule has 0 saturated heterocycles. The van der Waals surface area contributed by atoms with Gasteiger partial charge in [-0.15, -0.1) is 0 Å². The van der Waals surface area contributed by atoms with Crippen molar-refractivity contribution in [3.8, 4) is 0 Å². The molecular formula is C14H15N3O2. The van der Waals surface area contributed by atoms with E-state index in [1.165, 1.54) is 24.4 Å². The highest BCUT2D eigenvalue weighted by atomic mass is 16.5. The minimum absolute atomic E-state index is 0.0383. The number of aryl methyl sites for hydroxylation is 2. The quantitative estimate of drug-likeness (QED) is 0.856. The van der Waals surface area contributed by atoms with Crippen LogP contribution in [0.4, 0.5) is 11.5 Å². The molecule has 2 rings (SSSR count). The van der Waals surface area contributed by atoms with Crippen molar-refractivity contribution >= 4 is 17.5 Å². The van der Waals surface area contributed by atoms with E-state index in [4.69, 9.17) is 0 Å². The number of carbonyl (C=O) groups excluding carboxylic acids is 1.